The van der Waals surface area contributed by atoms with Crippen LogP contribution in [0.2, 0.25) is 0 Å². The second-order valence-corrected chi connectivity index (χ2v) is 3.83. The normalized spacial score (nSPS) is 10.9. The quantitative estimate of drug-likeness (QED) is 0.666. The zero-order chi connectivity index (χ0) is 12.7. The SMILES string of the molecule is O=C(O)c1nc2ccc(F)cc2c2ncccc12. The number of fused-ring (bicyclic) bond motifs is 3. The average Bonchev–Trinajstić information content (AvgIpc) is 2.37. The Labute approximate surface area is 101 Å². The van der Waals surface area contributed by atoms with Gasteiger partial charge in [-0.2, -0.15) is 0 Å². The molecule has 0 unspecified atom stereocenters. The average molecular weight is 242 g/mol. The highest BCUT2D eigenvalue weighted by Gasteiger charge is 2.14. The third kappa shape index (κ3) is 1.48. The van der Waals surface area contributed by atoms with Crippen LogP contribution in [-0.2, 0) is 0 Å². The van der Waals surface area contributed by atoms with Crippen LogP contribution in [-0.4, -0.2) is 21.0 Å². The van der Waals surface area contributed by atoms with Crippen molar-refractivity contribution >= 4 is 27.8 Å². The molecule has 0 aliphatic heterocycles. The summed E-state index contributed by atoms with van der Waals surface area (Å²) in [7, 11) is 0. The van der Waals surface area contributed by atoms with E-state index < -0.39 is 11.8 Å². The van der Waals surface area contributed by atoms with Crippen molar-refractivity contribution in [1.82, 2.24) is 9.97 Å². The van der Waals surface area contributed by atoms with E-state index in [0.717, 1.165) is 0 Å². The van der Waals surface area contributed by atoms with Crippen molar-refractivity contribution in [2.24, 2.45) is 0 Å². The third-order valence-electron chi connectivity index (χ3n) is 2.71. The largest absolute Gasteiger partial charge is 0.476 e. The molecule has 0 saturated heterocycles. The molecule has 3 rings (SSSR count). The molecule has 4 nitrogen and oxygen atoms in total. The molecule has 18 heavy (non-hydrogen) atoms. The zero-order valence-corrected chi connectivity index (χ0v) is 9.09. The second kappa shape index (κ2) is 3.73. The minimum Gasteiger partial charge on any atom is -0.476 e. The van der Waals surface area contributed by atoms with Gasteiger partial charge in [0.15, 0.2) is 5.69 Å². The Bertz CT molecular complexity index is 786. The highest BCUT2D eigenvalue weighted by atomic mass is 19.1. The zero-order valence-electron chi connectivity index (χ0n) is 9.09. The molecule has 0 spiro atoms. The van der Waals surface area contributed by atoms with Crippen molar-refractivity contribution in [1.29, 1.82) is 0 Å². The van der Waals surface area contributed by atoms with Crippen LogP contribution in [0.1, 0.15) is 10.5 Å². The Morgan fingerprint density at radius 3 is 2.83 bits per heavy atom. The molecule has 5 heteroatoms. The first-order valence-electron chi connectivity index (χ1n) is 5.24. The van der Waals surface area contributed by atoms with Gasteiger partial charge in [0, 0.05) is 17.0 Å². The summed E-state index contributed by atoms with van der Waals surface area (Å²) < 4.78 is 13.3. The smallest absolute Gasteiger partial charge is 0.355 e. The number of hydrogen-bond acceptors (Lipinski definition) is 3. The summed E-state index contributed by atoms with van der Waals surface area (Å²) in [5, 5.41) is 10.0. The summed E-state index contributed by atoms with van der Waals surface area (Å²) in [6, 6.07) is 7.25. The molecule has 0 radical (unpaired) electrons. The van der Waals surface area contributed by atoms with Gasteiger partial charge < -0.3 is 5.11 Å². The van der Waals surface area contributed by atoms with Gasteiger partial charge in [-0.3, -0.25) is 4.98 Å². The number of rotatable bonds is 1. The summed E-state index contributed by atoms with van der Waals surface area (Å²) in [5.74, 6) is -1.53. The summed E-state index contributed by atoms with van der Waals surface area (Å²) in [5.41, 5.74) is 0.789. The molecule has 0 atom stereocenters. The van der Waals surface area contributed by atoms with E-state index in [1.165, 1.54) is 24.4 Å². The van der Waals surface area contributed by atoms with Crippen LogP contribution in [0.25, 0.3) is 21.8 Å². The van der Waals surface area contributed by atoms with Crippen LogP contribution in [0.3, 0.4) is 0 Å². The van der Waals surface area contributed by atoms with E-state index in [2.05, 4.69) is 9.97 Å². The molecule has 1 N–H and O–H groups in total. The van der Waals surface area contributed by atoms with E-state index in [1.807, 2.05) is 0 Å². The van der Waals surface area contributed by atoms with E-state index >= 15 is 0 Å². The number of carbonyl (C=O) groups is 1. The van der Waals surface area contributed by atoms with Crippen molar-refractivity contribution in [3.63, 3.8) is 0 Å². The van der Waals surface area contributed by atoms with Crippen LogP contribution in [0.15, 0.2) is 36.5 Å². The van der Waals surface area contributed by atoms with E-state index in [0.29, 0.717) is 21.8 Å². The van der Waals surface area contributed by atoms with Gasteiger partial charge in [0.05, 0.1) is 11.0 Å². The number of carboxylic acid groups (broad SMARTS) is 1. The Morgan fingerprint density at radius 1 is 1.22 bits per heavy atom. The maximum absolute atomic E-state index is 13.3. The van der Waals surface area contributed by atoms with Crippen molar-refractivity contribution < 1.29 is 14.3 Å². The fourth-order valence-corrected chi connectivity index (χ4v) is 1.95. The fourth-order valence-electron chi connectivity index (χ4n) is 1.95. The molecule has 0 bridgehead atoms. The van der Waals surface area contributed by atoms with Gasteiger partial charge in [-0.15, -0.1) is 0 Å². The predicted molar refractivity (Wildman–Crippen MR) is 64.0 cm³/mol. The number of aromatic carboxylic acids is 1. The Morgan fingerprint density at radius 2 is 2.06 bits per heavy atom. The maximum Gasteiger partial charge on any atom is 0.355 e. The summed E-state index contributed by atoms with van der Waals surface area (Å²) in [6.45, 7) is 0. The first kappa shape index (κ1) is 10.6. The van der Waals surface area contributed by atoms with Gasteiger partial charge in [-0.05, 0) is 30.3 Å². The number of halogens is 1. The number of hydrogen-bond donors (Lipinski definition) is 1. The first-order chi connectivity index (χ1) is 8.66. The van der Waals surface area contributed by atoms with Gasteiger partial charge in [0.1, 0.15) is 5.82 Å². The molecule has 1 aromatic carbocycles. The standard InChI is InChI=1S/C13H7FN2O2/c14-7-3-4-10-9(6-7)11-8(2-1-5-15-11)12(16-10)13(17)18/h1-6H,(H,17,18). The lowest BCUT2D eigenvalue weighted by Crippen LogP contribution is -2.02. The van der Waals surface area contributed by atoms with E-state index in [1.54, 1.807) is 12.1 Å². The van der Waals surface area contributed by atoms with E-state index in [4.69, 9.17) is 5.11 Å². The summed E-state index contributed by atoms with van der Waals surface area (Å²) in [4.78, 5) is 19.3. The third-order valence-corrected chi connectivity index (χ3v) is 2.71. The number of benzene rings is 1. The van der Waals surface area contributed by atoms with Crippen molar-refractivity contribution in [2.75, 3.05) is 0 Å². The molecule has 0 aliphatic carbocycles. The fraction of sp³-hybridized carbons (Fsp3) is 0. The second-order valence-electron chi connectivity index (χ2n) is 3.83. The summed E-state index contributed by atoms with van der Waals surface area (Å²) >= 11 is 0. The lowest BCUT2D eigenvalue weighted by Gasteiger charge is -2.05. The predicted octanol–water partition coefficient (Wildman–Crippen LogP) is 2.62. The lowest BCUT2D eigenvalue weighted by atomic mass is 10.1. The highest BCUT2D eigenvalue weighted by Crippen LogP contribution is 2.25. The van der Waals surface area contributed by atoms with Crippen LogP contribution in [0, 0.1) is 5.82 Å². The van der Waals surface area contributed by atoms with Crippen molar-refractivity contribution in [2.45, 2.75) is 0 Å². The van der Waals surface area contributed by atoms with Crippen molar-refractivity contribution in [3.05, 3.63) is 48.0 Å². The maximum atomic E-state index is 13.3. The molecule has 0 aliphatic rings. The molecule has 0 saturated carbocycles. The van der Waals surface area contributed by atoms with Gasteiger partial charge in [-0.1, -0.05) is 0 Å². The van der Waals surface area contributed by atoms with Crippen molar-refractivity contribution in [3.8, 4) is 0 Å². The minimum absolute atomic E-state index is 0.0720. The van der Waals surface area contributed by atoms with Crippen LogP contribution < -0.4 is 0 Å². The number of nitrogens with zero attached hydrogens (tertiary/aromatic N) is 2. The first-order valence-corrected chi connectivity index (χ1v) is 5.24. The Hall–Kier alpha value is -2.56. The minimum atomic E-state index is -1.13. The van der Waals surface area contributed by atoms with E-state index in [9.17, 15) is 9.18 Å². The molecular formula is C13H7FN2O2. The van der Waals surface area contributed by atoms with Gasteiger partial charge in [0.2, 0.25) is 0 Å². The van der Waals surface area contributed by atoms with Crippen LogP contribution in [0.4, 0.5) is 4.39 Å². The van der Waals surface area contributed by atoms with Gasteiger partial charge in [0.25, 0.3) is 0 Å². The number of pyridine rings is 2. The molecule has 2 aromatic heterocycles. The van der Waals surface area contributed by atoms with Gasteiger partial charge >= 0.3 is 5.97 Å². The lowest BCUT2D eigenvalue weighted by molar-refractivity contribution is 0.0693. The monoisotopic (exact) mass is 242 g/mol. The van der Waals surface area contributed by atoms with Gasteiger partial charge in [-0.25, -0.2) is 14.2 Å². The molecule has 88 valence electrons. The Kier molecular flexibility index (Phi) is 2.19. The van der Waals surface area contributed by atoms with E-state index in [-0.39, 0.29) is 5.69 Å². The summed E-state index contributed by atoms with van der Waals surface area (Å²) in [6.07, 6.45) is 1.54. The molecule has 3 aromatic rings. The molecule has 0 amide bonds. The molecule has 2 heterocycles. The topological polar surface area (TPSA) is 63.1 Å². The Balaban J connectivity index is 2.57. The van der Waals surface area contributed by atoms with Crippen LogP contribution >= 0.6 is 0 Å². The molecular weight excluding hydrogens is 235 g/mol. The highest BCUT2D eigenvalue weighted by molar-refractivity contribution is 6.11. The number of carboxylic acids is 1. The van der Waals surface area contributed by atoms with Crippen LogP contribution in [0.5, 0.6) is 0 Å². The molecule has 0 fully saturated rings. The number of aromatic nitrogens is 2.